The van der Waals surface area contributed by atoms with Gasteiger partial charge in [0.15, 0.2) is 0 Å². The van der Waals surface area contributed by atoms with Crippen molar-refractivity contribution in [3.8, 4) is 11.4 Å². The number of rotatable bonds is 3. The van der Waals surface area contributed by atoms with Crippen LogP contribution in [0.2, 0.25) is 0 Å². The summed E-state index contributed by atoms with van der Waals surface area (Å²) in [6.07, 6.45) is 3.06. The molecule has 3 heterocycles. The number of aromatic nitrogens is 2. The molecule has 0 atom stereocenters. The first-order valence-corrected chi connectivity index (χ1v) is 6.08. The Balaban J connectivity index is 1.75. The van der Waals surface area contributed by atoms with Crippen molar-refractivity contribution >= 4 is 11.3 Å². The molecule has 0 saturated carbocycles. The van der Waals surface area contributed by atoms with Gasteiger partial charge < -0.3 is 10.3 Å². The van der Waals surface area contributed by atoms with E-state index in [4.69, 9.17) is 0 Å². The summed E-state index contributed by atoms with van der Waals surface area (Å²) in [7, 11) is 0. The number of H-pyrrole nitrogens is 1. The van der Waals surface area contributed by atoms with Crippen LogP contribution in [0.15, 0.2) is 23.7 Å². The molecule has 2 N–H and O–H groups in total. The van der Waals surface area contributed by atoms with Crippen LogP contribution in [0.4, 0.5) is 0 Å². The van der Waals surface area contributed by atoms with E-state index in [0.717, 1.165) is 36.8 Å². The fourth-order valence-corrected chi connectivity index (χ4v) is 2.67. The molecular formula is C11H13N3S. The van der Waals surface area contributed by atoms with E-state index in [9.17, 15) is 0 Å². The molecule has 0 radical (unpaired) electrons. The van der Waals surface area contributed by atoms with E-state index in [1.807, 2.05) is 12.3 Å². The van der Waals surface area contributed by atoms with Gasteiger partial charge in [-0.25, -0.2) is 4.98 Å². The summed E-state index contributed by atoms with van der Waals surface area (Å²) in [5.74, 6) is 0.799. The van der Waals surface area contributed by atoms with Gasteiger partial charge in [0.25, 0.3) is 0 Å². The lowest BCUT2D eigenvalue weighted by atomic mass is 10.0. The van der Waals surface area contributed by atoms with E-state index in [-0.39, 0.29) is 0 Å². The van der Waals surface area contributed by atoms with E-state index in [0.29, 0.717) is 0 Å². The number of nitrogens with one attached hydrogen (secondary N) is 2. The molecule has 3 nitrogen and oxygen atoms in total. The van der Waals surface area contributed by atoms with Crippen molar-refractivity contribution in [2.45, 2.75) is 6.42 Å². The quantitative estimate of drug-likeness (QED) is 0.827. The third-order valence-corrected chi connectivity index (χ3v) is 3.63. The molecule has 1 fully saturated rings. The Morgan fingerprint density at radius 3 is 3.07 bits per heavy atom. The molecule has 2 aromatic rings. The van der Waals surface area contributed by atoms with Gasteiger partial charge in [-0.05, 0) is 31.1 Å². The molecule has 0 unspecified atom stereocenters. The van der Waals surface area contributed by atoms with Crippen LogP contribution in [-0.4, -0.2) is 23.1 Å². The van der Waals surface area contributed by atoms with Gasteiger partial charge >= 0.3 is 0 Å². The van der Waals surface area contributed by atoms with E-state index in [1.54, 1.807) is 11.3 Å². The summed E-state index contributed by atoms with van der Waals surface area (Å²) in [5, 5.41) is 6.67. The van der Waals surface area contributed by atoms with E-state index in [2.05, 4.69) is 26.7 Å². The van der Waals surface area contributed by atoms with Gasteiger partial charge in [0.2, 0.25) is 0 Å². The normalized spacial score (nSPS) is 16.5. The molecule has 78 valence electrons. The standard InChI is InChI=1S/C11H13N3S/c1-2-9(13-3-1)10-7-15-11(14-10)4-8-5-12-6-8/h1-3,7-8,12-13H,4-6H2. The molecule has 1 saturated heterocycles. The maximum atomic E-state index is 4.63. The molecule has 4 heteroatoms. The van der Waals surface area contributed by atoms with Crippen molar-refractivity contribution < 1.29 is 0 Å². The third kappa shape index (κ3) is 1.82. The van der Waals surface area contributed by atoms with Crippen molar-refractivity contribution in [3.05, 3.63) is 28.7 Å². The maximum absolute atomic E-state index is 4.63. The van der Waals surface area contributed by atoms with Crippen LogP contribution >= 0.6 is 11.3 Å². The average molecular weight is 219 g/mol. The Kier molecular flexibility index (Phi) is 2.31. The molecule has 1 aliphatic rings. The maximum Gasteiger partial charge on any atom is 0.0976 e. The number of nitrogens with zero attached hydrogens (tertiary/aromatic N) is 1. The van der Waals surface area contributed by atoms with Crippen molar-refractivity contribution in [2.75, 3.05) is 13.1 Å². The van der Waals surface area contributed by atoms with Gasteiger partial charge in [-0.15, -0.1) is 11.3 Å². The number of aromatic amines is 1. The Labute approximate surface area is 92.6 Å². The monoisotopic (exact) mass is 219 g/mol. The number of thiazole rings is 1. The third-order valence-electron chi connectivity index (χ3n) is 2.75. The summed E-state index contributed by atoms with van der Waals surface area (Å²) >= 11 is 1.77. The lowest BCUT2D eigenvalue weighted by molar-refractivity contribution is 0.346. The van der Waals surface area contributed by atoms with E-state index >= 15 is 0 Å². The first-order chi connectivity index (χ1) is 7.42. The highest BCUT2D eigenvalue weighted by Gasteiger charge is 2.18. The lowest BCUT2D eigenvalue weighted by Crippen LogP contribution is -2.43. The Morgan fingerprint density at radius 2 is 2.40 bits per heavy atom. The fourth-order valence-electron chi connectivity index (χ4n) is 1.76. The fraction of sp³-hybridized carbons (Fsp3) is 0.364. The summed E-state index contributed by atoms with van der Waals surface area (Å²) in [6, 6.07) is 4.06. The van der Waals surface area contributed by atoms with Crippen LogP contribution in [0.5, 0.6) is 0 Å². The zero-order valence-corrected chi connectivity index (χ0v) is 9.18. The molecule has 2 aromatic heterocycles. The van der Waals surface area contributed by atoms with Gasteiger partial charge in [0, 0.05) is 18.0 Å². The second kappa shape index (κ2) is 3.79. The molecule has 0 aliphatic carbocycles. The van der Waals surface area contributed by atoms with Gasteiger partial charge in [-0.3, -0.25) is 0 Å². The van der Waals surface area contributed by atoms with Crippen LogP contribution < -0.4 is 5.32 Å². The first-order valence-electron chi connectivity index (χ1n) is 5.21. The van der Waals surface area contributed by atoms with Crippen LogP contribution in [0.3, 0.4) is 0 Å². The molecular weight excluding hydrogens is 206 g/mol. The van der Waals surface area contributed by atoms with Crippen LogP contribution in [-0.2, 0) is 6.42 Å². The average Bonchev–Trinajstić information content (AvgIpc) is 2.82. The van der Waals surface area contributed by atoms with Crippen molar-refractivity contribution in [3.63, 3.8) is 0 Å². The largest absolute Gasteiger partial charge is 0.360 e. The number of hydrogen-bond donors (Lipinski definition) is 2. The number of hydrogen-bond acceptors (Lipinski definition) is 3. The molecule has 0 bridgehead atoms. The Hall–Kier alpha value is -1.13. The summed E-state index contributed by atoms with van der Waals surface area (Å²) in [4.78, 5) is 7.81. The molecule has 0 spiro atoms. The molecule has 15 heavy (non-hydrogen) atoms. The van der Waals surface area contributed by atoms with Gasteiger partial charge in [0.05, 0.1) is 16.4 Å². The minimum atomic E-state index is 0.799. The van der Waals surface area contributed by atoms with E-state index in [1.165, 1.54) is 5.01 Å². The summed E-state index contributed by atoms with van der Waals surface area (Å²) in [6.45, 7) is 2.30. The van der Waals surface area contributed by atoms with Gasteiger partial charge in [0.1, 0.15) is 0 Å². The smallest absolute Gasteiger partial charge is 0.0976 e. The minimum absolute atomic E-state index is 0.799. The molecule has 3 rings (SSSR count). The highest BCUT2D eigenvalue weighted by molar-refractivity contribution is 7.09. The highest BCUT2D eigenvalue weighted by Crippen LogP contribution is 2.22. The second-order valence-electron chi connectivity index (χ2n) is 3.94. The predicted octanol–water partition coefficient (Wildman–Crippen LogP) is 1.90. The predicted molar refractivity (Wildman–Crippen MR) is 62.0 cm³/mol. The lowest BCUT2D eigenvalue weighted by Gasteiger charge is -2.25. The topological polar surface area (TPSA) is 40.7 Å². The van der Waals surface area contributed by atoms with Crippen molar-refractivity contribution in [1.29, 1.82) is 0 Å². The van der Waals surface area contributed by atoms with Gasteiger partial charge in [-0.2, -0.15) is 0 Å². The zero-order valence-electron chi connectivity index (χ0n) is 8.36. The van der Waals surface area contributed by atoms with Crippen molar-refractivity contribution in [2.24, 2.45) is 5.92 Å². The van der Waals surface area contributed by atoms with Crippen molar-refractivity contribution in [1.82, 2.24) is 15.3 Å². The highest BCUT2D eigenvalue weighted by atomic mass is 32.1. The summed E-state index contributed by atoms with van der Waals surface area (Å²) < 4.78 is 0. The Morgan fingerprint density at radius 1 is 1.47 bits per heavy atom. The van der Waals surface area contributed by atoms with E-state index < -0.39 is 0 Å². The van der Waals surface area contributed by atoms with Crippen LogP contribution in [0.25, 0.3) is 11.4 Å². The SMILES string of the molecule is c1c[nH]c(-c2csc(CC3CNC3)n2)c1. The molecule has 0 aromatic carbocycles. The van der Waals surface area contributed by atoms with Gasteiger partial charge in [-0.1, -0.05) is 0 Å². The summed E-state index contributed by atoms with van der Waals surface area (Å²) in [5.41, 5.74) is 2.19. The Bertz CT molecular complexity index is 428. The van der Waals surface area contributed by atoms with Crippen LogP contribution in [0, 0.1) is 5.92 Å². The second-order valence-corrected chi connectivity index (χ2v) is 4.88. The first kappa shape index (κ1) is 9.12. The molecule has 0 amide bonds. The minimum Gasteiger partial charge on any atom is -0.360 e. The molecule has 1 aliphatic heterocycles. The van der Waals surface area contributed by atoms with Crippen LogP contribution in [0.1, 0.15) is 5.01 Å². The zero-order chi connectivity index (χ0) is 10.1.